The van der Waals surface area contributed by atoms with Gasteiger partial charge in [-0.25, -0.2) is 0 Å². The summed E-state index contributed by atoms with van der Waals surface area (Å²) in [4.78, 5) is 69.8. The zero-order valence-corrected chi connectivity index (χ0v) is 63.4. The maximum absolute atomic E-state index is 12.4. The van der Waals surface area contributed by atoms with Crippen molar-refractivity contribution in [3.63, 3.8) is 0 Å². The Morgan fingerprint density at radius 3 is 1.13 bits per heavy atom. The van der Waals surface area contributed by atoms with E-state index in [4.69, 9.17) is 18.9 Å². The van der Waals surface area contributed by atoms with Crippen LogP contribution in [0.25, 0.3) is 0 Å². The Morgan fingerprint density at radius 2 is 0.821 bits per heavy atom. The first-order valence-corrected chi connectivity index (χ1v) is 33.9. The Balaban J connectivity index is -0.000000525. The highest BCUT2D eigenvalue weighted by atomic mass is 19.4. The molecule has 22 heteroatoms. The van der Waals surface area contributed by atoms with Crippen molar-refractivity contribution in [2.45, 2.75) is 350 Å². The number of unbranched alkanes of at least 4 members (excludes halogenated alkanes) is 1. The molecule has 0 spiro atoms. The van der Waals surface area contributed by atoms with E-state index < -0.39 is 88.4 Å². The Labute approximate surface area is 566 Å². The molecule has 1 aromatic rings. The lowest BCUT2D eigenvalue weighted by Gasteiger charge is -2.32. The zero-order chi connectivity index (χ0) is 76.0. The van der Waals surface area contributed by atoms with E-state index in [9.17, 15) is 73.4 Å². The van der Waals surface area contributed by atoms with Crippen LogP contribution in [-0.2, 0) is 57.9 Å². The topological polar surface area (TPSA) is 178 Å². The molecule has 1 aliphatic carbocycles. The van der Waals surface area contributed by atoms with Crippen LogP contribution < -0.4 is 4.74 Å². The van der Waals surface area contributed by atoms with E-state index in [0.29, 0.717) is 44.5 Å². The molecular weight excluding hydrogens is 1260 g/mol. The number of carbonyl (C=O) groups is 6. The lowest BCUT2D eigenvalue weighted by Crippen LogP contribution is -2.45. The van der Waals surface area contributed by atoms with Gasteiger partial charge in [-0.1, -0.05) is 114 Å². The first-order chi connectivity index (χ1) is 42.6. The predicted molar refractivity (Wildman–Crippen MR) is 357 cm³/mol. The molecule has 5 atom stereocenters. The van der Waals surface area contributed by atoms with E-state index in [1.165, 1.54) is 44.6 Å². The molecule has 5 unspecified atom stereocenters. The van der Waals surface area contributed by atoms with E-state index in [0.717, 1.165) is 58.8 Å². The van der Waals surface area contributed by atoms with Gasteiger partial charge in [-0.3, -0.25) is 28.8 Å². The summed E-state index contributed by atoms with van der Waals surface area (Å²) in [7, 11) is 0. The number of hydrogen-bond acceptors (Lipinski definition) is 13. The third-order valence-electron chi connectivity index (χ3n) is 18.1. The first-order valence-electron chi connectivity index (χ1n) is 33.9. The van der Waals surface area contributed by atoms with Crippen molar-refractivity contribution in [3.05, 3.63) is 29.8 Å². The van der Waals surface area contributed by atoms with Crippen LogP contribution in [0.5, 0.6) is 5.75 Å². The first kappa shape index (κ1) is 96.8. The van der Waals surface area contributed by atoms with Gasteiger partial charge in [0.05, 0.1) is 39.1 Å². The van der Waals surface area contributed by atoms with Crippen molar-refractivity contribution >= 4 is 35.8 Å². The molecule has 0 heterocycles. The van der Waals surface area contributed by atoms with Gasteiger partial charge in [-0.2, -0.15) is 39.5 Å². The number of ether oxygens (including phenoxy) is 6. The lowest BCUT2D eigenvalue weighted by atomic mass is 9.87. The SMILES string of the molecule is CCC(C)(C)C(=O)OC(C)C(F)(F)F.CCC(C)(C)C(=O)OC(C)C(F)(F)F.CCC(C)(C)C(=O)OC(C)CC(C)(O)C(F)(F)F.CCC(C)(C)C(=O)Oc1ccc(C(C)(C)C)cc1.CCC1(OC(=O)C(C)(C)CC)CCCC1.CCCCC(CC)COC(=O)C(C)(C)CC. The number of benzene rings is 1. The number of halogens is 9. The van der Waals surface area contributed by atoms with Crippen molar-refractivity contribution in [3.8, 4) is 5.75 Å². The molecule has 1 aliphatic rings. The molecule has 2 rings (SSSR count). The quantitative estimate of drug-likeness (QED) is 0.0401. The minimum atomic E-state index is -4.74. The van der Waals surface area contributed by atoms with E-state index in [1.54, 1.807) is 62.3 Å². The second-order valence-electron chi connectivity index (χ2n) is 30.1. The van der Waals surface area contributed by atoms with Crippen LogP contribution in [-0.4, -0.2) is 95.6 Å². The number of alkyl halides is 9. The van der Waals surface area contributed by atoms with E-state index in [-0.39, 0.29) is 39.8 Å². The van der Waals surface area contributed by atoms with Gasteiger partial charge in [0.25, 0.3) is 0 Å². The fraction of sp³-hybridized carbons (Fsp3) is 0.836. The Hall–Kier alpha value is -4.63. The summed E-state index contributed by atoms with van der Waals surface area (Å²) in [5.74, 6) is -1.27. The molecule has 1 saturated carbocycles. The number of esters is 6. The maximum Gasteiger partial charge on any atom is 0.425 e. The summed E-state index contributed by atoms with van der Waals surface area (Å²) in [5.41, 5.74) is -5.19. The van der Waals surface area contributed by atoms with Gasteiger partial charge < -0.3 is 33.5 Å². The summed E-state index contributed by atoms with van der Waals surface area (Å²) in [6, 6.07) is 7.76. The third-order valence-corrected chi connectivity index (χ3v) is 18.1. The highest BCUT2D eigenvalue weighted by Gasteiger charge is 2.51. The average Bonchev–Trinajstić information content (AvgIpc) is 1.82. The molecule has 13 nitrogen and oxygen atoms in total. The fourth-order valence-electron chi connectivity index (χ4n) is 7.14. The van der Waals surface area contributed by atoms with Crippen LogP contribution in [0.3, 0.4) is 0 Å². The molecule has 1 fully saturated rings. The highest BCUT2D eigenvalue weighted by molar-refractivity contribution is 5.79. The molecule has 0 aromatic heterocycles. The highest BCUT2D eigenvalue weighted by Crippen LogP contribution is 2.39. The summed E-state index contributed by atoms with van der Waals surface area (Å²) in [5, 5.41) is 9.28. The molecule has 0 bridgehead atoms. The molecule has 0 amide bonds. The van der Waals surface area contributed by atoms with Crippen molar-refractivity contribution in [1.82, 2.24) is 0 Å². The van der Waals surface area contributed by atoms with Gasteiger partial charge >= 0.3 is 54.3 Å². The Morgan fingerprint density at radius 1 is 0.484 bits per heavy atom. The predicted octanol–water partition coefficient (Wildman–Crippen LogP) is 21.1. The van der Waals surface area contributed by atoms with E-state index in [1.807, 2.05) is 86.6 Å². The fourth-order valence-corrected chi connectivity index (χ4v) is 7.14. The van der Waals surface area contributed by atoms with Gasteiger partial charge in [0.15, 0.2) is 17.8 Å². The zero-order valence-electron chi connectivity index (χ0n) is 63.4. The van der Waals surface area contributed by atoms with Crippen molar-refractivity contribution in [2.75, 3.05) is 6.61 Å². The standard InChI is InChI=1S/C16H24O2.C14H28O2.C13H24O2.C12H21F3O3.2C9H15F3O2/c1-7-16(5,6)14(17)18-13-10-8-12(9-11-13)15(2,3)4;1-6-9-10-12(7-2)11-16-13(15)14(4,5)8-3;1-5-12(3,4)11(14)15-13(6-2)9-7-8-10-13;1-6-10(3,4)9(16)18-8(2)7-11(5,17)12(13,14)15;2*1-5-8(3,4)7(13)14-6(2)9(10,11)12/h8-11H,7H2,1-6H3;12H,6-11H2,1-5H3;5-10H2,1-4H3;8,17H,6-7H2,1-5H3;2*6H,5H2,1-4H3. The van der Waals surface area contributed by atoms with Crippen LogP contribution in [0.1, 0.15) is 302 Å². The van der Waals surface area contributed by atoms with Gasteiger partial charge in [0, 0.05) is 6.42 Å². The van der Waals surface area contributed by atoms with E-state index >= 15 is 0 Å². The Kier molecular flexibility index (Phi) is 41.8. The number of rotatable bonds is 26. The second kappa shape index (κ2) is 41.1. The van der Waals surface area contributed by atoms with Crippen LogP contribution in [0.4, 0.5) is 39.5 Å². The second-order valence-corrected chi connectivity index (χ2v) is 30.1. The lowest BCUT2D eigenvalue weighted by molar-refractivity contribution is -0.261. The van der Waals surface area contributed by atoms with Crippen molar-refractivity contribution < 1.29 is 102 Å². The molecule has 560 valence electrons. The Bertz CT molecular complexity index is 2340. The average molecular weight is 1380 g/mol. The smallest absolute Gasteiger partial charge is 0.425 e. The van der Waals surface area contributed by atoms with Gasteiger partial charge in [-0.15, -0.1) is 0 Å². The van der Waals surface area contributed by atoms with Crippen LogP contribution in [0.2, 0.25) is 0 Å². The summed E-state index contributed by atoms with van der Waals surface area (Å²) in [6.45, 7) is 49.7. The van der Waals surface area contributed by atoms with Crippen molar-refractivity contribution in [1.29, 1.82) is 0 Å². The third kappa shape index (κ3) is 37.2. The number of hydrogen-bond donors (Lipinski definition) is 1. The molecule has 0 aliphatic heterocycles. The van der Waals surface area contributed by atoms with Crippen molar-refractivity contribution in [2.24, 2.45) is 38.4 Å². The monoisotopic (exact) mass is 1380 g/mol. The molecule has 0 saturated heterocycles. The number of aliphatic hydroxyl groups is 1. The largest absolute Gasteiger partial charge is 0.465 e. The molecule has 95 heavy (non-hydrogen) atoms. The minimum Gasteiger partial charge on any atom is -0.465 e. The summed E-state index contributed by atoms with van der Waals surface area (Å²) < 4.78 is 140. The minimum absolute atomic E-state index is 0.0197. The van der Waals surface area contributed by atoms with E-state index in [2.05, 4.69) is 51.0 Å². The normalized spacial score (nSPS) is 15.7. The molecule has 1 aromatic carbocycles. The molecule has 1 N–H and O–H groups in total. The van der Waals surface area contributed by atoms with Crippen LogP contribution in [0, 0.1) is 38.4 Å². The van der Waals surface area contributed by atoms with Gasteiger partial charge in [0.1, 0.15) is 17.5 Å². The van der Waals surface area contributed by atoms with Gasteiger partial charge in [0.2, 0.25) is 0 Å². The number of carbonyl (C=O) groups excluding carboxylic acids is 6. The van der Waals surface area contributed by atoms with Crippen LogP contribution in [0.15, 0.2) is 24.3 Å². The summed E-state index contributed by atoms with van der Waals surface area (Å²) in [6.07, 6.45) is -5.46. The maximum atomic E-state index is 12.4. The van der Waals surface area contributed by atoms with Gasteiger partial charge in [-0.05, 0) is 217 Å². The van der Waals surface area contributed by atoms with Crippen LogP contribution >= 0.6 is 0 Å². The molecule has 0 radical (unpaired) electrons. The molecular formula is C73H127F9O13. The summed E-state index contributed by atoms with van der Waals surface area (Å²) >= 11 is 0.